The van der Waals surface area contributed by atoms with Crippen LogP contribution in [0, 0.1) is 22.7 Å². The van der Waals surface area contributed by atoms with Gasteiger partial charge in [-0.1, -0.05) is 20.8 Å². The number of hydrazone groups is 1. The van der Waals surface area contributed by atoms with Crippen molar-refractivity contribution in [3.8, 4) is 5.75 Å². The molecule has 0 atom stereocenters. The van der Waals surface area contributed by atoms with E-state index in [1.807, 2.05) is 49.4 Å². The van der Waals surface area contributed by atoms with E-state index < -0.39 is 10.3 Å². The summed E-state index contributed by atoms with van der Waals surface area (Å²) in [5.41, 5.74) is 1.44. The monoisotopic (exact) mass is 617 g/mol. The van der Waals surface area contributed by atoms with Crippen molar-refractivity contribution in [2.24, 2.45) is 10.5 Å². The topological polar surface area (TPSA) is 96.0 Å². The first-order valence-corrected chi connectivity index (χ1v) is 10.7. The van der Waals surface area contributed by atoms with Crippen LogP contribution in [0.4, 0.5) is 11.4 Å². The summed E-state index contributed by atoms with van der Waals surface area (Å²) in [7, 11) is 0. The molecule has 0 spiro atoms. The van der Waals surface area contributed by atoms with Crippen molar-refractivity contribution in [3.05, 3.63) is 64.8 Å². The van der Waals surface area contributed by atoms with Crippen molar-refractivity contribution in [2.45, 2.75) is 20.8 Å². The first-order valence-electron chi connectivity index (χ1n) is 8.57. The molecule has 0 fully saturated rings. The maximum atomic E-state index is 13.2. The number of nitro benzene ring substituents is 1. The van der Waals surface area contributed by atoms with E-state index in [2.05, 4.69) is 27.7 Å². The molecule has 0 saturated carbocycles. The molecule has 1 amide bonds. The lowest BCUT2D eigenvalue weighted by molar-refractivity contribution is -0.384. The summed E-state index contributed by atoms with van der Waals surface area (Å²) in [4.78, 5) is 23.6. The Labute approximate surface area is 194 Å². The van der Waals surface area contributed by atoms with Crippen molar-refractivity contribution in [1.29, 1.82) is 0 Å². The fourth-order valence-electron chi connectivity index (χ4n) is 2.84. The quantitative estimate of drug-likeness (QED) is 0.218. The van der Waals surface area contributed by atoms with E-state index in [1.54, 1.807) is 12.1 Å². The standard InChI is InChI=1S/C20H17I2N3O4/c1-20(2,3)18-15(9-11-8-12(21)10-16(22)17(11)26)19(27)24(23-18)13-4-6-14(7-5-13)25(28)29/h4-10,26H,1-3H3/b15-9-. The number of non-ortho nitro benzene ring substituents is 1. The highest BCUT2D eigenvalue weighted by Gasteiger charge is 2.37. The normalized spacial score (nSPS) is 15.8. The number of hydrogen-bond donors (Lipinski definition) is 1. The Balaban J connectivity index is 2.10. The minimum Gasteiger partial charge on any atom is -0.506 e. The third-order valence-electron chi connectivity index (χ3n) is 4.25. The Hall–Kier alpha value is -2.02. The maximum absolute atomic E-state index is 13.2. The summed E-state index contributed by atoms with van der Waals surface area (Å²) in [5.74, 6) is -0.245. The van der Waals surface area contributed by atoms with Crippen molar-refractivity contribution < 1.29 is 14.8 Å². The lowest BCUT2D eigenvalue weighted by Crippen LogP contribution is -2.24. The minimum atomic E-state index is -0.494. The van der Waals surface area contributed by atoms with Crippen LogP contribution in [-0.4, -0.2) is 21.6 Å². The van der Waals surface area contributed by atoms with Gasteiger partial charge in [-0.2, -0.15) is 10.1 Å². The van der Waals surface area contributed by atoms with Crippen molar-refractivity contribution in [2.75, 3.05) is 5.01 Å². The van der Waals surface area contributed by atoms with E-state index in [9.17, 15) is 20.0 Å². The lowest BCUT2D eigenvalue weighted by atomic mass is 9.85. The zero-order valence-corrected chi connectivity index (χ0v) is 20.1. The number of nitro groups is 1. The molecule has 9 heteroatoms. The Bertz CT molecular complexity index is 1070. The fraction of sp³-hybridized carbons (Fsp3) is 0.200. The van der Waals surface area contributed by atoms with Gasteiger partial charge in [0.2, 0.25) is 0 Å². The molecule has 0 bridgehead atoms. The zero-order valence-electron chi connectivity index (χ0n) is 15.8. The molecule has 0 unspecified atom stereocenters. The van der Waals surface area contributed by atoms with E-state index >= 15 is 0 Å². The molecule has 1 N–H and O–H groups in total. The number of aromatic hydroxyl groups is 1. The highest BCUT2D eigenvalue weighted by Crippen LogP contribution is 2.35. The summed E-state index contributed by atoms with van der Waals surface area (Å²) in [6.07, 6.45) is 1.65. The Morgan fingerprint density at radius 3 is 2.34 bits per heavy atom. The van der Waals surface area contributed by atoms with Crippen LogP contribution in [0.2, 0.25) is 0 Å². The minimum absolute atomic E-state index is 0.0606. The van der Waals surface area contributed by atoms with E-state index in [4.69, 9.17) is 0 Å². The molecule has 2 aromatic rings. The average Bonchev–Trinajstić information content (AvgIpc) is 2.96. The second-order valence-corrected chi connectivity index (χ2v) is 9.88. The van der Waals surface area contributed by atoms with E-state index in [0.717, 1.165) is 3.57 Å². The van der Waals surface area contributed by atoms with E-state index in [1.165, 1.54) is 29.3 Å². The zero-order chi connectivity index (χ0) is 21.5. The number of phenolic OH excluding ortho intramolecular Hbond substituents is 1. The van der Waals surface area contributed by atoms with Crippen LogP contribution in [0.5, 0.6) is 5.75 Å². The second-order valence-electron chi connectivity index (χ2n) is 7.47. The van der Waals surface area contributed by atoms with E-state index in [-0.39, 0.29) is 17.3 Å². The summed E-state index contributed by atoms with van der Waals surface area (Å²) in [5, 5.41) is 27.1. The lowest BCUT2D eigenvalue weighted by Gasteiger charge is -2.18. The van der Waals surface area contributed by atoms with Crippen LogP contribution in [-0.2, 0) is 4.79 Å². The average molecular weight is 617 g/mol. The van der Waals surface area contributed by atoms with Crippen LogP contribution in [0.25, 0.3) is 6.08 Å². The van der Waals surface area contributed by atoms with Crippen LogP contribution in [0.15, 0.2) is 47.1 Å². The third-order valence-corrected chi connectivity index (χ3v) is 5.70. The van der Waals surface area contributed by atoms with Crippen molar-refractivity contribution in [3.63, 3.8) is 0 Å². The summed E-state index contributed by atoms with van der Waals surface area (Å²) in [6.45, 7) is 5.85. The fourth-order valence-corrected chi connectivity index (χ4v) is 4.73. The van der Waals surface area contributed by atoms with Gasteiger partial charge in [0.25, 0.3) is 11.6 Å². The molecule has 0 aliphatic carbocycles. The summed E-state index contributed by atoms with van der Waals surface area (Å²) >= 11 is 4.20. The number of rotatable bonds is 3. The number of carbonyl (C=O) groups is 1. The van der Waals surface area contributed by atoms with Gasteiger partial charge in [0.1, 0.15) is 5.75 Å². The molecule has 0 radical (unpaired) electrons. The summed E-state index contributed by atoms with van der Waals surface area (Å²) < 4.78 is 1.62. The molecule has 1 aliphatic heterocycles. The number of benzene rings is 2. The maximum Gasteiger partial charge on any atom is 0.280 e. The number of amides is 1. The van der Waals surface area contributed by atoms with E-state index in [0.29, 0.717) is 26.1 Å². The van der Waals surface area contributed by atoms with Crippen LogP contribution < -0.4 is 5.01 Å². The number of nitrogens with zero attached hydrogens (tertiary/aromatic N) is 3. The van der Waals surface area contributed by atoms with Crippen LogP contribution in [0.1, 0.15) is 26.3 Å². The van der Waals surface area contributed by atoms with Gasteiger partial charge in [0.15, 0.2) is 0 Å². The molecule has 150 valence electrons. The van der Waals surface area contributed by atoms with Gasteiger partial charge in [-0.15, -0.1) is 0 Å². The highest BCUT2D eigenvalue weighted by molar-refractivity contribution is 14.1. The van der Waals surface area contributed by atoms with Gasteiger partial charge in [-0.05, 0) is 75.5 Å². The summed E-state index contributed by atoms with van der Waals surface area (Å²) in [6, 6.07) is 9.31. The van der Waals surface area contributed by atoms with Gasteiger partial charge in [-0.25, -0.2) is 0 Å². The van der Waals surface area contributed by atoms with Crippen molar-refractivity contribution >= 4 is 74.3 Å². The number of hydrogen-bond acceptors (Lipinski definition) is 5. The van der Waals surface area contributed by atoms with Crippen LogP contribution >= 0.6 is 45.2 Å². The molecule has 0 saturated heterocycles. The molecule has 2 aromatic carbocycles. The molecule has 7 nitrogen and oxygen atoms in total. The van der Waals surface area contributed by atoms with Gasteiger partial charge >= 0.3 is 0 Å². The largest absolute Gasteiger partial charge is 0.506 e. The molecule has 1 aliphatic rings. The number of carbonyl (C=O) groups excluding carboxylic acids is 1. The van der Waals surface area contributed by atoms with Gasteiger partial charge < -0.3 is 5.11 Å². The Morgan fingerprint density at radius 2 is 1.79 bits per heavy atom. The number of halogens is 2. The molecular formula is C20H17I2N3O4. The smallest absolute Gasteiger partial charge is 0.280 e. The second kappa shape index (κ2) is 8.01. The Morgan fingerprint density at radius 1 is 1.17 bits per heavy atom. The van der Waals surface area contributed by atoms with Crippen molar-refractivity contribution in [1.82, 2.24) is 0 Å². The van der Waals surface area contributed by atoms with Gasteiger partial charge in [0.05, 0.1) is 25.5 Å². The first-order chi connectivity index (χ1) is 13.5. The molecule has 3 rings (SSSR count). The Kier molecular flexibility index (Phi) is 5.99. The molecule has 29 heavy (non-hydrogen) atoms. The predicted molar refractivity (Wildman–Crippen MR) is 129 cm³/mol. The predicted octanol–water partition coefficient (Wildman–Crippen LogP) is 5.34. The molecular weight excluding hydrogens is 600 g/mol. The van der Waals surface area contributed by atoms with Crippen LogP contribution in [0.3, 0.4) is 0 Å². The highest BCUT2D eigenvalue weighted by atomic mass is 127. The van der Waals surface area contributed by atoms with Gasteiger partial charge in [0, 0.05) is 26.7 Å². The first kappa shape index (κ1) is 21.7. The molecule has 0 aromatic heterocycles. The SMILES string of the molecule is CC(C)(C)C1=NN(c2ccc([N+](=O)[O-])cc2)C(=O)/C1=C\c1cc(I)cc(I)c1O. The third kappa shape index (κ3) is 4.44. The molecule has 1 heterocycles. The number of anilines is 1. The van der Waals surface area contributed by atoms with Gasteiger partial charge in [-0.3, -0.25) is 14.9 Å². The number of phenols is 1.